The molecule has 180 valence electrons. The minimum atomic E-state index is -0.437. The number of aryl methyl sites for hydroxylation is 1. The summed E-state index contributed by atoms with van der Waals surface area (Å²) in [6, 6.07) is 13.4. The quantitative estimate of drug-likeness (QED) is 0.278. The van der Waals surface area contributed by atoms with E-state index in [0.717, 1.165) is 22.3 Å². The van der Waals surface area contributed by atoms with Gasteiger partial charge in [-0.15, -0.1) is 11.3 Å². The number of carbonyl (C=O) groups is 1. The van der Waals surface area contributed by atoms with Crippen LogP contribution in [0, 0.1) is 6.92 Å². The van der Waals surface area contributed by atoms with Crippen LogP contribution in [0.5, 0.6) is 11.5 Å². The summed E-state index contributed by atoms with van der Waals surface area (Å²) in [5.41, 5.74) is 5.83. The molecule has 0 fully saturated rings. The van der Waals surface area contributed by atoms with E-state index in [9.17, 15) is 9.59 Å². The molecule has 4 aromatic rings. The summed E-state index contributed by atoms with van der Waals surface area (Å²) in [6.07, 6.45) is 2.90. The Kier molecular flexibility index (Phi) is 7.57. The normalized spacial score (nSPS) is 11.2. The van der Waals surface area contributed by atoms with Gasteiger partial charge in [0, 0.05) is 10.9 Å². The number of hydrazone groups is 1. The predicted molar refractivity (Wildman–Crippen MR) is 139 cm³/mol. The van der Waals surface area contributed by atoms with Crippen LogP contribution < -0.4 is 20.5 Å². The summed E-state index contributed by atoms with van der Waals surface area (Å²) >= 11 is 1.41. The van der Waals surface area contributed by atoms with Crippen molar-refractivity contribution in [3.63, 3.8) is 0 Å². The summed E-state index contributed by atoms with van der Waals surface area (Å²) in [7, 11) is 0. The third-order valence-electron chi connectivity index (χ3n) is 5.21. The van der Waals surface area contributed by atoms with Crippen molar-refractivity contribution < 1.29 is 14.3 Å². The van der Waals surface area contributed by atoms with Gasteiger partial charge in [-0.3, -0.25) is 14.2 Å². The smallest absolute Gasteiger partial charge is 0.263 e. The highest BCUT2D eigenvalue weighted by Crippen LogP contribution is 2.31. The van der Waals surface area contributed by atoms with Crippen LogP contribution in [0.1, 0.15) is 25.0 Å². The summed E-state index contributed by atoms with van der Waals surface area (Å²) in [5, 5.41) is 6.45. The second-order valence-corrected chi connectivity index (χ2v) is 8.60. The highest BCUT2D eigenvalue weighted by atomic mass is 32.1. The van der Waals surface area contributed by atoms with Crippen molar-refractivity contribution in [3.05, 3.63) is 75.7 Å². The molecule has 0 bridgehead atoms. The molecule has 2 aromatic heterocycles. The van der Waals surface area contributed by atoms with Gasteiger partial charge in [0.1, 0.15) is 11.4 Å². The lowest BCUT2D eigenvalue weighted by atomic mass is 10.1. The molecule has 4 rings (SSSR count). The number of amides is 1. The van der Waals surface area contributed by atoms with Crippen molar-refractivity contribution >= 4 is 33.7 Å². The molecular formula is C26H26N4O4S. The van der Waals surface area contributed by atoms with E-state index in [4.69, 9.17) is 9.47 Å². The Labute approximate surface area is 206 Å². The second kappa shape index (κ2) is 11.0. The van der Waals surface area contributed by atoms with E-state index in [1.165, 1.54) is 28.4 Å². The van der Waals surface area contributed by atoms with E-state index in [0.29, 0.717) is 34.9 Å². The average molecular weight is 491 g/mol. The number of nitrogens with one attached hydrogen (secondary N) is 1. The molecule has 0 atom stereocenters. The Bertz CT molecular complexity index is 1420. The molecular weight excluding hydrogens is 464 g/mol. The monoisotopic (exact) mass is 490 g/mol. The van der Waals surface area contributed by atoms with E-state index in [2.05, 4.69) is 15.5 Å². The molecule has 0 aliphatic heterocycles. The molecule has 1 amide bonds. The molecule has 2 aromatic carbocycles. The van der Waals surface area contributed by atoms with Gasteiger partial charge in [-0.1, -0.05) is 29.8 Å². The Hall–Kier alpha value is -3.98. The van der Waals surface area contributed by atoms with Crippen molar-refractivity contribution in [3.8, 4) is 22.6 Å². The summed E-state index contributed by atoms with van der Waals surface area (Å²) < 4.78 is 12.5. The van der Waals surface area contributed by atoms with Crippen molar-refractivity contribution in [1.82, 2.24) is 15.0 Å². The van der Waals surface area contributed by atoms with Gasteiger partial charge >= 0.3 is 0 Å². The van der Waals surface area contributed by atoms with Crippen molar-refractivity contribution in [1.29, 1.82) is 0 Å². The first kappa shape index (κ1) is 24.2. The fourth-order valence-corrected chi connectivity index (χ4v) is 4.45. The Morgan fingerprint density at radius 3 is 2.60 bits per heavy atom. The fourth-order valence-electron chi connectivity index (χ4n) is 3.54. The van der Waals surface area contributed by atoms with Gasteiger partial charge in [0.2, 0.25) is 0 Å². The van der Waals surface area contributed by atoms with Crippen molar-refractivity contribution in [2.45, 2.75) is 27.3 Å². The third-order valence-corrected chi connectivity index (χ3v) is 6.09. The van der Waals surface area contributed by atoms with Crippen LogP contribution in [0.3, 0.4) is 0 Å². The zero-order valence-corrected chi connectivity index (χ0v) is 20.6. The van der Waals surface area contributed by atoms with E-state index in [-0.39, 0.29) is 12.1 Å². The summed E-state index contributed by atoms with van der Waals surface area (Å²) in [4.78, 5) is 30.6. The molecule has 0 aliphatic rings. The molecule has 0 radical (unpaired) electrons. The number of ether oxygens (including phenoxy) is 2. The first-order chi connectivity index (χ1) is 17.0. The Morgan fingerprint density at radius 2 is 1.86 bits per heavy atom. The van der Waals surface area contributed by atoms with Crippen LogP contribution in [0.25, 0.3) is 21.3 Å². The first-order valence-corrected chi connectivity index (χ1v) is 12.1. The van der Waals surface area contributed by atoms with Crippen LogP contribution in [0.2, 0.25) is 0 Å². The highest BCUT2D eigenvalue weighted by Gasteiger charge is 2.14. The van der Waals surface area contributed by atoms with Gasteiger partial charge in [-0.05, 0) is 50.1 Å². The van der Waals surface area contributed by atoms with Crippen LogP contribution in [0.15, 0.2) is 64.1 Å². The van der Waals surface area contributed by atoms with Crippen LogP contribution in [-0.2, 0) is 11.3 Å². The fraction of sp³-hybridized carbons (Fsp3) is 0.231. The average Bonchev–Trinajstić information content (AvgIpc) is 3.28. The third kappa shape index (κ3) is 5.58. The molecule has 0 saturated carbocycles. The van der Waals surface area contributed by atoms with Gasteiger partial charge in [0.05, 0.1) is 31.1 Å². The Balaban J connectivity index is 1.48. The van der Waals surface area contributed by atoms with Gasteiger partial charge in [0.25, 0.3) is 11.5 Å². The number of thiophene rings is 1. The summed E-state index contributed by atoms with van der Waals surface area (Å²) in [6.45, 7) is 6.64. The number of benzene rings is 2. The molecule has 8 nitrogen and oxygen atoms in total. The van der Waals surface area contributed by atoms with Gasteiger partial charge in [-0.2, -0.15) is 5.10 Å². The number of nitrogens with zero attached hydrogens (tertiary/aromatic N) is 3. The highest BCUT2D eigenvalue weighted by molar-refractivity contribution is 7.17. The van der Waals surface area contributed by atoms with Gasteiger partial charge in [0.15, 0.2) is 11.5 Å². The number of carbonyl (C=O) groups excluding carboxylic acids is 1. The number of fused-ring (bicyclic) bond motifs is 1. The molecule has 0 unspecified atom stereocenters. The number of rotatable bonds is 9. The topological polar surface area (TPSA) is 94.8 Å². The molecule has 0 spiro atoms. The molecule has 9 heteroatoms. The second-order valence-electron chi connectivity index (χ2n) is 7.74. The standard InChI is InChI=1S/C26H26N4O4S/c1-4-33-21-11-8-18(12-22(21)34-5-2)13-28-29-23(31)14-30-16-27-25-24(26(30)32)20(15-35-25)19-9-6-17(3)7-10-19/h6-13,15-16H,4-5,14H2,1-3H3,(H,29,31). The van der Waals surface area contributed by atoms with Gasteiger partial charge < -0.3 is 9.47 Å². The summed E-state index contributed by atoms with van der Waals surface area (Å²) in [5.74, 6) is 0.819. The lowest BCUT2D eigenvalue weighted by molar-refractivity contribution is -0.121. The van der Waals surface area contributed by atoms with E-state index < -0.39 is 5.91 Å². The minimum absolute atomic E-state index is 0.199. The maximum Gasteiger partial charge on any atom is 0.263 e. The zero-order valence-electron chi connectivity index (χ0n) is 19.8. The largest absolute Gasteiger partial charge is 0.490 e. The molecule has 0 saturated heterocycles. The van der Waals surface area contributed by atoms with Crippen LogP contribution in [0.4, 0.5) is 0 Å². The SMILES string of the molecule is CCOc1ccc(C=NNC(=O)Cn2cnc3scc(-c4ccc(C)cc4)c3c2=O)cc1OCC. The van der Waals surface area contributed by atoms with E-state index in [1.54, 1.807) is 12.1 Å². The van der Waals surface area contributed by atoms with Gasteiger partial charge in [-0.25, -0.2) is 10.4 Å². The number of aromatic nitrogens is 2. The Morgan fingerprint density at radius 1 is 1.11 bits per heavy atom. The zero-order chi connectivity index (χ0) is 24.8. The number of hydrogen-bond acceptors (Lipinski definition) is 7. The van der Waals surface area contributed by atoms with Crippen molar-refractivity contribution in [2.75, 3.05) is 13.2 Å². The maximum atomic E-state index is 13.2. The molecule has 1 N–H and O–H groups in total. The first-order valence-electron chi connectivity index (χ1n) is 11.2. The molecule has 35 heavy (non-hydrogen) atoms. The van der Waals surface area contributed by atoms with E-state index in [1.807, 2.05) is 56.5 Å². The van der Waals surface area contributed by atoms with E-state index >= 15 is 0 Å². The molecule has 2 heterocycles. The van der Waals surface area contributed by atoms with Crippen molar-refractivity contribution in [2.24, 2.45) is 5.10 Å². The lowest BCUT2D eigenvalue weighted by Crippen LogP contribution is -2.30. The number of hydrogen-bond donors (Lipinski definition) is 1. The minimum Gasteiger partial charge on any atom is -0.490 e. The lowest BCUT2D eigenvalue weighted by Gasteiger charge is -2.11. The van der Waals surface area contributed by atoms with Crippen LogP contribution >= 0.6 is 11.3 Å². The molecule has 0 aliphatic carbocycles. The van der Waals surface area contributed by atoms with Crippen LogP contribution in [-0.4, -0.2) is 34.9 Å². The predicted octanol–water partition coefficient (Wildman–Crippen LogP) is 4.38. The maximum absolute atomic E-state index is 13.2.